The molecule has 1 aromatic rings. The Bertz CT molecular complexity index is 815. The van der Waals surface area contributed by atoms with Crippen molar-refractivity contribution >= 4 is 21.7 Å². The van der Waals surface area contributed by atoms with E-state index in [9.17, 15) is 18.0 Å². The third-order valence-electron chi connectivity index (χ3n) is 5.14. The van der Waals surface area contributed by atoms with Gasteiger partial charge in [0.1, 0.15) is 5.69 Å². The summed E-state index contributed by atoms with van der Waals surface area (Å²) in [7, 11) is -1.45. The summed E-state index contributed by atoms with van der Waals surface area (Å²) in [6.45, 7) is 3.21. The molecule has 3 rings (SSSR count). The van der Waals surface area contributed by atoms with Crippen LogP contribution in [0.4, 0.5) is 0 Å². The van der Waals surface area contributed by atoms with Crippen molar-refractivity contribution in [2.24, 2.45) is 0 Å². The fourth-order valence-corrected chi connectivity index (χ4v) is 5.39. The van der Waals surface area contributed by atoms with Gasteiger partial charge in [-0.05, 0) is 32.1 Å². The normalized spacial score (nSPS) is 21.2. The summed E-state index contributed by atoms with van der Waals surface area (Å²) >= 11 is 0. The number of hydrogen-bond acceptors (Lipinski definition) is 5. The number of carbonyl (C=O) groups is 2. The molecule has 3 heterocycles. The molecular formula is C17H26N4O4S. The van der Waals surface area contributed by atoms with Crippen LogP contribution in [-0.4, -0.2) is 65.8 Å². The zero-order valence-corrected chi connectivity index (χ0v) is 16.1. The van der Waals surface area contributed by atoms with Gasteiger partial charge in [0.25, 0.3) is 11.8 Å². The summed E-state index contributed by atoms with van der Waals surface area (Å²) in [6.07, 6.45) is 3.87. The lowest BCUT2D eigenvalue weighted by atomic mass is 10.1. The van der Waals surface area contributed by atoms with Crippen molar-refractivity contribution in [3.05, 3.63) is 17.2 Å². The zero-order valence-electron chi connectivity index (χ0n) is 15.3. The highest BCUT2D eigenvalue weighted by Gasteiger charge is 2.36. The second-order valence-electron chi connectivity index (χ2n) is 7.07. The number of nitrogens with zero attached hydrogens (tertiary/aromatic N) is 3. The third-order valence-corrected chi connectivity index (χ3v) is 6.89. The fraction of sp³-hybridized carbons (Fsp3) is 0.706. The third kappa shape index (κ3) is 3.62. The molecule has 9 heteroatoms. The van der Waals surface area contributed by atoms with Crippen LogP contribution in [0.1, 0.15) is 59.4 Å². The fourth-order valence-electron chi connectivity index (χ4n) is 3.62. The van der Waals surface area contributed by atoms with Crippen molar-refractivity contribution in [1.82, 2.24) is 19.8 Å². The summed E-state index contributed by atoms with van der Waals surface area (Å²) in [4.78, 5) is 31.3. The Kier molecular flexibility index (Phi) is 5.36. The van der Waals surface area contributed by atoms with Gasteiger partial charge in [-0.25, -0.2) is 13.4 Å². The summed E-state index contributed by atoms with van der Waals surface area (Å²) in [5.41, 5.74) is 1.08. The Balaban J connectivity index is 1.88. The monoisotopic (exact) mass is 382 g/mol. The minimum absolute atomic E-state index is 0.00484. The minimum Gasteiger partial charge on any atom is -0.349 e. The highest BCUT2D eigenvalue weighted by Crippen LogP contribution is 2.24. The molecule has 0 radical (unpaired) electrons. The van der Waals surface area contributed by atoms with Crippen LogP contribution in [0, 0.1) is 0 Å². The van der Waals surface area contributed by atoms with E-state index < -0.39 is 9.84 Å². The number of imidazole rings is 1. The van der Waals surface area contributed by atoms with Crippen molar-refractivity contribution in [2.45, 2.75) is 51.6 Å². The second-order valence-corrected chi connectivity index (χ2v) is 9.30. The first-order valence-corrected chi connectivity index (χ1v) is 11.0. The molecule has 0 aromatic carbocycles. The standard InChI is InChI=1S/C17H26N4O4S/c1-3-8-18-16(22)15-19-14(13-6-4-5-9-21(13)15)17(23)20(2)12-7-10-26(24,25)11-12/h12H,3-11H2,1-2H3,(H,18,22). The van der Waals surface area contributed by atoms with Crippen molar-refractivity contribution in [2.75, 3.05) is 25.1 Å². The van der Waals surface area contributed by atoms with Crippen LogP contribution in [0.2, 0.25) is 0 Å². The Morgan fingerprint density at radius 3 is 2.77 bits per heavy atom. The van der Waals surface area contributed by atoms with Gasteiger partial charge in [0, 0.05) is 26.2 Å². The van der Waals surface area contributed by atoms with Gasteiger partial charge < -0.3 is 14.8 Å². The van der Waals surface area contributed by atoms with E-state index in [1.54, 1.807) is 7.05 Å². The van der Waals surface area contributed by atoms with E-state index in [-0.39, 0.29) is 40.9 Å². The molecule has 0 saturated carbocycles. The van der Waals surface area contributed by atoms with Crippen LogP contribution in [0.3, 0.4) is 0 Å². The van der Waals surface area contributed by atoms with Gasteiger partial charge in [-0.3, -0.25) is 9.59 Å². The van der Waals surface area contributed by atoms with Gasteiger partial charge in [-0.1, -0.05) is 6.92 Å². The van der Waals surface area contributed by atoms with Crippen LogP contribution >= 0.6 is 0 Å². The number of fused-ring (bicyclic) bond motifs is 1. The van der Waals surface area contributed by atoms with Crippen LogP contribution in [0.15, 0.2) is 0 Å². The van der Waals surface area contributed by atoms with E-state index in [2.05, 4.69) is 10.3 Å². The maximum atomic E-state index is 13.0. The molecule has 1 unspecified atom stereocenters. The molecule has 1 fully saturated rings. The molecular weight excluding hydrogens is 356 g/mol. The Labute approximate surface area is 153 Å². The van der Waals surface area contributed by atoms with Gasteiger partial charge in [0.2, 0.25) is 0 Å². The number of amides is 2. The van der Waals surface area contributed by atoms with Crippen LogP contribution in [-0.2, 0) is 22.8 Å². The summed E-state index contributed by atoms with van der Waals surface area (Å²) in [5.74, 6) is -0.174. The molecule has 144 valence electrons. The minimum atomic E-state index is -3.08. The van der Waals surface area contributed by atoms with E-state index in [0.29, 0.717) is 25.9 Å². The molecule has 0 bridgehead atoms. The maximum Gasteiger partial charge on any atom is 0.287 e. The molecule has 2 amide bonds. The van der Waals surface area contributed by atoms with Gasteiger partial charge in [-0.2, -0.15) is 0 Å². The number of sulfone groups is 1. The highest BCUT2D eigenvalue weighted by atomic mass is 32.2. The van der Waals surface area contributed by atoms with Crippen LogP contribution in [0.5, 0.6) is 0 Å². The largest absolute Gasteiger partial charge is 0.349 e. The van der Waals surface area contributed by atoms with Gasteiger partial charge in [-0.15, -0.1) is 0 Å². The van der Waals surface area contributed by atoms with Crippen molar-refractivity contribution in [3.8, 4) is 0 Å². The number of rotatable bonds is 5. The average Bonchev–Trinajstić information content (AvgIpc) is 3.18. The van der Waals surface area contributed by atoms with E-state index in [0.717, 1.165) is 25.0 Å². The molecule has 0 aliphatic carbocycles. The van der Waals surface area contributed by atoms with E-state index >= 15 is 0 Å². The molecule has 0 spiro atoms. The molecule has 1 aromatic heterocycles. The quantitative estimate of drug-likeness (QED) is 0.804. The predicted molar refractivity (Wildman–Crippen MR) is 96.9 cm³/mol. The zero-order chi connectivity index (χ0) is 18.9. The summed E-state index contributed by atoms with van der Waals surface area (Å²) < 4.78 is 25.3. The number of nitrogens with one attached hydrogen (secondary N) is 1. The Morgan fingerprint density at radius 1 is 1.35 bits per heavy atom. The maximum absolute atomic E-state index is 13.0. The first-order valence-electron chi connectivity index (χ1n) is 9.19. The summed E-state index contributed by atoms with van der Waals surface area (Å²) in [6, 6.07) is -0.328. The average molecular weight is 382 g/mol. The highest BCUT2D eigenvalue weighted by molar-refractivity contribution is 7.91. The Hall–Kier alpha value is -1.90. The number of carbonyl (C=O) groups excluding carboxylic acids is 2. The first kappa shape index (κ1) is 18.9. The molecule has 8 nitrogen and oxygen atoms in total. The SMILES string of the molecule is CCCNC(=O)c1nc(C(=O)N(C)C2CCS(=O)(=O)C2)c2n1CCCC2. The van der Waals surface area contributed by atoms with E-state index in [4.69, 9.17) is 0 Å². The van der Waals surface area contributed by atoms with Gasteiger partial charge in [0.15, 0.2) is 15.7 Å². The molecule has 2 aliphatic heterocycles. The summed E-state index contributed by atoms with van der Waals surface area (Å²) in [5, 5.41) is 2.82. The molecule has 1 N–H and O–H groups in total. The second kappa shape index (κ2) is 7.38. The predicted octanol–water partition coefficient (Wildman–Crippen LogP) is 0.618. The lowest BCUT2D eigenvalue weighted by Gasteiger charge is -2.23. The molecule has 1 saturated heterocycles. The van der Waals surface area contributed by atoms with Crippen LogP contribution < -0.4 is 5.32 Å². The smallest absolute Gasteiger partial charge is 0.287 e. The Morgan fingerprint density at radius 2 is 2.12 bits per heavy atom. The van der Waals surface area contributed by atoms with Crippen LogP contribution in [0.25, 0.3) is 0 Å². The van der Waals surface area contributed by atoms with E-state index in [1.807, 2.05) is 11.5 Å². The van der Waals surface area contributed by atoms with Gasteiger partial charge >= 0.3 is 0 Å². The molecule has 1 atom stereocenters. The van der Waals surface area contributed by atoms with Crippen molar-refractivity contribution < 1.29 is 18.0 Å². The van der Waals surface area contributed by atoms with Crippen molar-refractivity contribution in [1.29, 1.82) is 0 Å². The number of aromatic nitrogens is 2. The molecule has 26 heavy (non-hydrogen) atoms. The topological polar surface area (TPSA) is 101 Å². The first-order chi connectivity index (χ1) is 12.3. The van der Waals surface area contributed by atoms with Crippen molar-refractivity contribution in [3.63, 3.8) is 0 Å². The molecule has 2 aliphatic rings. The lowest BCUT2D eigenvalue weighted by molar-refractivity contribution is 0.0740. The number of hydrogen-bond donors (Lipinski definition) is 1. The van der Waals surface area contributed by atoms with E-state index in [1.165, 1.54) is 4.90 Å². The lowest BCUT2D eigenvalue weighted by Crippen LogP contribution is -2.38. The van der Waals surface area contributed by atoms with Gasteiger partial charge in [0.05, 0.1) is 17.2 Å².